The highest BCUT2D eigenvalue weighted by Crippen LogP contribution is 2.38. The molecule has 0 saturated carbocycles. The third-order valence-corrected chi connectivity index (χ3v) is 4.40. The first kappa shape index (κ1) is 19.6. The molecule has 0 aliphatic carbocycles. The molecule has 0 bridgehead atoms. The summed E-state index contributed by atoms with van der Waals surface area (Å²) in [5, 5.41) is 14.8. The third-order valence-electron chi connectivity index (χ3n) is 3.81. The van der Waals surface area contributed by atoms with E-state index in [4.69, 9.17) is 14.0 Å². The van der Waals surface area contributed by atoms with Crippen LogP contribution in [0.2, 0.25) is 0 Å². The molecule has 0 N–H and O–H groups in total. The number of pyridine rings is 1. The Morgan fingerprint density at radius 1 is 1.32 bits per heavy atom. The van der Waals surface area contributed by atoms with Crippen LogP contribution in [0.25, 0.3) is 12.2 Å². The monoisotopic (exact) mass is 445 g/mol. The molecule has 9 heteroatoms. The van der Waals surface area contributed by atoms with E-state index < -0.39 is 4.92 Å². The van der Waals surface area contributed by atoms with Crippen LogP contribution in [-0.4, -0.2) is 22.2 Å². The largest absolute Gasteiger partial charge is 0.493 e. The van der Waals surface area contributed by atoms with Crippen molar-refractivity contribution in [3.8, 4) is 11.5 Å². The van der Waals surface area contributed by atoms with Gasteiger partial charge in [0.15, 0.2) is 17.2 Å². The Balaban J connectivity index is 1.84. The molecule has 1 aromatic carbocycles. The van der Waals surface area contributed by atoms with E-state index in [-0.39, 0.29) is 23.7 Å². The smallest absolute Gasteiger partial charge is 0.338 e. The quantitative estimate of drug-likeness (QED) is 0.379. The molecule has 0 radical (unpaired) electrons. The number of hydrogen-bond donors (Lipinski definition) is 0. The molecule has 144 valence electrons. The van der Waals surface area contributed by atoms with Gasteiger partial charge in [0.25, 0.3) is 0 Å². The van der Waals surface area contributed by atoms with E-state index in [2.05, 4.69) is 26.1 Å². The summed E-state index contributed by atoms with van der Waals surface area (Å²) >= 11 is 3.48. The first-order valence-corrected chi connectivity index (χ1v) is 8.98. The summed E-state index contributed by atoms with van der Waals surface area (Å²) < 4.78 is 17.0. The van der Waals surface area contributed by atoms with E-state index in [0.717, 1.165) is 11.3 Å². The van der Waals surface area contributed by atoms with Crippen molar-refractivity contribution < 1.29 is 18.9 Å². The predicted octanol–water partition coefficient (Wildman–Crippen LogP) is 4.81. The van der Waals surface area contributed by atoms with E-state index >= 15 is 0 Å². The lowest BCUT2D eigenvalue weighted by Gasteiger charge is -2.13. The van der Waals surface area contributed by atoms with Crippen LogP contribution in [0.15, 0.2) is 45.5 Å². The lowest BCUT2D eigenvalue weighted by molar-refractivity contribution is -0.386. The van der Waals surface area contributed by atoms with Gasteiger partial charge in [0.05, 0.1) is 22.2 Å². The molecule has 0 spiro atoms. The van der Waals surface area contributed by atoms with E-state index in [0.29, 0.717) is 16.0 Å². The fraction of sp³-hybridized carbons (Fsp3) is 0.158. The first-order chi connectivity index (χ1) is 13.5. The zero-order valence-electron chi connectivity index (χ0n) is 15.1. The minimum absolute atomic E-state index is 0.0769. The van der Waals surface area contributed by atoms with Crippen LogP contribution in [0.4, 0.5) is 5.69 Å². The highest BCUT2D eigenvalue weighted by atomic mass is 79.9. The molecular formula is C19H16BrN3O5. The molecule has 0 fully saturated rings. The minimum Gasteiger partial charge on any atom is -0.493 e. The van der Waals surface area contributed by atoms with Crippen LogP contribution >= 0.6 is 15.9 Å². The van der Waals surface area contributed by atoms with Crippen molar-refractivity contribution in [1.82, 2.24) is 10.1 Å². The third kappa shape index (κ3) is 4.37. The van der Waals surface area contributed by atoms with Crippen molar-refractivity contribution in [2.45, 2.75) is 13.5 Å². The summed E-state index contributed by atoms with van der Waals surface area (Å²) in [6.45, 7) is 1.81. The van der Waals surface area contributed by atoms with Crippen LogP contribution in [0.3, 0.4) is 0 Å². The number of aryl methyl sites for hydroxylation is 1. The fourth-order valence-corrected chi connectivity index (χ4v) is 3.07. The van der Waals surface area contributed by atoms with Crippen molar-refractivity contribution in [2.24, 2.45) is 0 Å². The van der Waals surface area contributed by atoms with Gasteiger partial charge in [-0.2, -0.15) is 0 Å². The summed E-state index contributed by atoms with van der Waals surface area (Å²) in [6, 6.07) is 9.15. The van der Waals surface area contributed by atoms with Gasteiger partial charge in [-0.15, -0.1) is 0 Å². The summed E-state index contributed by atoms with van der Waals surface area (Å²) in [7, 11) is 1.54. The second-order valence-corrected chi connectivity index (χ2v) is 6.57. The van der Waals surface area contributed by atoms with Crippen LogP contribution in [0.5, 0.6) is 11.5 Å². The van der Waals surface area contributed by atoms with Gasteiger partial charge in [-0.25, -0.2) is 0 Å². The molecular weight excluding hydrogens is 430 g/mol. The molecule has 3 aromatic rings. The standard InChI is InChI=1S/C19H16BrN3O5/c1-12-18(23(24)25)16(28-22-12)7-6-13-9-15(20)19(17(10-13)26-2)27-11-14-5-3-4-8-21-14/h3-10H,11H2,1-2H3/b7-6-. The second-order valence-electron chi connectivity index (χ2n) is 5.72. The molecule has 2 aromatic heterocycles. The summed E-state index contributed by atoms with van der Waals surface area (Å²) in [4.78, 5) is 14.8. The van der Waals surface area contributed by atoms with Crippen molar-refractivity contribution in [1.29, 1.82) is 0 Å². The Morgan fingerprint density at radius 3 is 2.82 bits per heavy atom. The molecule has 0 aliphatic rings. The van der Waals surface area contributed by atoms with Gasteiger partial charge in [-0.3, -0.25) is 15.1 Å². The summed E-state index contributed by atoms with van der Waals surface area (Å²) in [6.07, 6.45) is 4.86. The number of benzene rings is 1. The van der Waals surface area contributed by atoms with Gasteiger partial charge in [-0.1, -0.05) is 17.3 Å². The molecule has 0 amide bonds. The van der Waals surface area contributed by atoms with Gasteiger partial charge >= 0.3 is 5.69 Å². The fourth-order valence-electron chi connectivity index (χ4n) is 2.49. The highest BCUT2D eigenvalue weighted by Gasteiger charge is 2.22. The second kappa shape index (κ2) is 8.66. The Kier molecular flexibility index (Phi) is 6.05. The Morgan fingerprint density at radius 2 is 2.14 bits per heavy atom. The predicted molar refractivity (Wildman–Crippen MR) is 106 cm³/mol. The average molecular weight is 446 g/mol. The molecule has 0 atom stereocenters. The number of aromatic nitrogens is 2. The van der Waals surface area contributed by atoms with Crippen molar-refractivity contribution in [3.05, 3.63) is 73.8 Å². The van der Waals surface area contributed by atoms with Gasteiger partial charge in [0.2, 0.25) is 5.76 Å². The number of ether oxygens (including phenoxy) is 2. The molecule has 0 unspecified atom stereocenters. The summed E-state index contributed by atoms with van der Waals surface area (Å²) in [5.74, 6) is 1.12. The van der Waals surface area contributed by atoms with E-state index in [1.54, 1.807) is 18.3 Å². The maximum Gasteiger partial charge on any atom is 0.338 e. The molecule has 8 nitrogen and oxygen atoms in total. The average Bonchev–Trinajstić information content (AvgIpc) is 3.06. The maximum atomic E-state index is 11.1. The van der Waals surface area contributed by atoms with Crippen molar-refractivity contribution >= 4 is 33.8 Å². The van der Waals surface area contributed by atoms with E-state index in [1.807, 2.05) is 24.3 Å². The lowest BCUT2D eigenvalue weighted by atomic mass is 10.1. The van der Waals surface area contributed by atoms with Crippen molar-refractivity contribution in [3.63, 3.8) is 0 Å². The Bertz CT molecular complexity index is 1020. The molecule has 3 rings (SSSR count). The molecule has 2 heterocycles. The van der Waals surface area contributed by atoms with Gasteiger partial charge in [-0.05, 0) is 58.8 Å². The number of nitro groups is 1. The zero-order valence-corrected chi connectivity index (χ0v) is 16.7. The number of halogens is 1. The minimum atomic E-state index is -0.517. The lowest BCUT2D eigenvalue weighted by Crippen LogP contribution is -2.00. The van der Waals surface area contributed by atoms with E-state index in [9.17, 15) is 10.1 Å². The van der Waals surface area contributed by atoms with Crippen molar-refractivity contribution in [2.75, 3.05) is 7.11 Å². The molecule has 28 heavy (non-hydrogen) atoms. The Hall–Kier alpha value is -3.20. The number of rotatable bonds is 7. The topological polar surface area (TPSA) is 101 Å². The SMILES string of the molecule is COc1cc(/C=C\c2onc(C)c2[N+](=O)[O-])cc(Br)c1OCc1ccccn1. The highest BCUT2D eigenvalue weighted by molar-refractivity contribution is 9.10. The first-order valence-electron chi connectivity index (χ1n) is 8.18. The normalized spacial score (nSPS) is 11.0. The summed E-state index contributed by atoms with van der Waals surface area (Å²) in [5.41, 5.74) is 1.59. The van der Waals surface area contributed by atoms with E-state index in [1.165, 1.54) is 20.1 Å². The van der Waals surface area contributed by atoms with Crippen LogP contribution in [0.1, 0.15) is 22.7 Å². The van der Waals surface area contributed by atoms with Gasteiger partial charge < -0.3 is 14.0 Å². The number of methoxy groups -OCH3 is 1. The van der Waals surface area contributed by atoms with Gasteiger partial charge in [0, 0.05) is 6.20 Å². The maximum absolute atomic E-state index is 11.1. The Labute approximate surface area is 169 Å². The van der Waals surface area contributed by atoms with Crippen LogP contribution < -0.4 is 9.47 Å². The zero-order chi connectivity index (χ0) is 20.1. The van der Waals surface area contributed by atoms with Gasteiger partial charge in [0.1, 0.15) is 6.61 Å². The van der Waals surface area contributed by atoms with Crippen LogP contribution in [0, 0.1) is 17.0 Å². The van der Waals surface area contributed by atoms with Crippen LogP contribution in [-0.2, 0) is 6.61 Å². The molecule has 0 saturated heterocycles. The number of hydrogen-bond acceptors (Lipinski definition) is 7. The molecule has 0 aliphatic heterocycles. The number of nitrogens with zero attached hydrogens (tertiary/aromatic N) is 3.